The molecule has 0 radical (unpaired) electrons. The number of ether oxygens (including phenoxy) is 3. The Balaban J connectivity index is 1.18. The number of hydrogen-bond acceptors (Lipinski definition) is 6. The zero-order valence-corrected chi connectivity index (χ0v) is 17.2. The molecule has 9 nitrogen and oxygen atoms in total. The lowest BCUT2D eigenvalue weighted by atomic mass is 10.2. The van der Waals surface area contributed by atoms with E-state index >= 15 is 0 Å². The summed E-state index contributed by atoms with van der Waals surface area (Å²) in [7, 11) is 0. The van der Waals surface area contributed by atoms with E-state index in [2.05, 4.69) is 14.9 Å². The van der Waals surface area contributed by atoms with Gasteiger partial charge in [0.25, 0.3) is 0 Å². The van der Waals surface area contributed by atoms with Gasteiger partial charge >= 0.3 is 6.09 Å². The Morgan fingerprint density at radius 3 is 2.84 bits per heavy atom. The number of benzene rings is 1. The van der Waals surface area contributed by atoms with Crippen molar-refractivity contribution in [3.8, 4) is 0 Å². The molecule has 5 atom stereocenters. The van der Waals surface area contributed by atoms with Crippen LogP contribution in [0.5, 0.6) is 0 Å². The Hall–Kier alpha value is -2.55. The van der Waals surface area contributed by atoms with Gasteiger partial charge in [-0.15, -0.1) is 0 Å². The molecule has 10 heteroatoms. The van der Waals surface area contributed by atoms with Crippen molar-refractivity contribution >= 4 is 17.5 Å². The van der Waals surface area contributed by atoms with E-state index in [1.54, 1.807) is 12.1 Å². The van der Waals surface area contributed by atoms with Crippen LogP contribution in [0, 0.1) is 23.6 Å². The molecule has 1 aliphatic carbocycles. The molecular weight excluding hydrogens is 405 g/mol. The van der Waals surface area contributed by atoms with E-state index in [1.165, 1.54) is 11.0 Å². The molecule has 4 fully saturated rings. The highest BCUT2D eigenvalue weighted by atomic mass is 19.1. The average molecular weight is 431 g/mol. The van der Waals surface area contributed by atoms with E-state index in [1.807, 2.05) is 0 Å². The second-order valence-corrected chi connectivity index (χ2v) is 8.68. The lowest BCUT2D eigenvalue weighted by Gasteiger charge is -2.26. The van der Waals surface area contributed by atoms with Gasteiger partial charge in [0.2, 0.25) is 0 Å². The van der Waals surface area contributed by atoms with Crippen LogP contribution in [0.3, 0.4) is 0 Å². The predicted octanol–water partition coefficient (Wildman–Crippen LogP) is 3.69. The molecule has 166 valence electrons. The van der Waals surface area contributed by atoms with E-state index in [9.17, 15) is 9.18 Å². The van der Waals surface area contributed by atoms with Crippen LogP contribution in [0.25, 0.3) is 10.4 Å². The Labute approximate surface area is 179 Å². The third kappa shape index (κ3) is 4.03. The number of carbonyl (C=O) groups excluding carboxylic acids is 1. The molecule has 1 aromatic rings. The molecule has 2 unspecified atom stereocenters. The molecule has 31 heavy (non-hydrogen) atoms. The number of rotatable bonds is 7. The van der Waals surface area contributed by atoms with Crippen LogP contribution in [0.1, 0.15) is 19.3 Å². The molecule has 4 aliphatic rings. The minimum absolute atomic E-state index is 0.0591. The number of fused-ring (bicyclic) bond motifs is 1. The first-order valence-corrected chi connectivity index (χ1v) is 10.9. The van der Waals surface area contributed by atoms with Crippen LogP contribution in [-0.4, -0.2) is 57.9 Å². The highest BCUT2D eigenvalue weighted by Gasteiger charge is 2.56. The second kappa shape index (κ2) is 8.53. The highest BCUT2D eigenvalue weighted by molar-refractivity contribution is 5.90. The van der Waals surface area contributed by atoms with Crippen molar-refractivity contribution in [3.63, 3.8) is 0 Å². The second-order valence-electron chi connectivity index (χ2n) is 8.68. The van der Waals surface area contributed by atoms with Crippen molar-refractivity contribution < 1.29 is 23.4 Å². The standard InChI is InChI=1S/C21H26FN5O4/c22-18-7-13(27-14(8-24-25-23)11-31-21(27)28)4-5-19(18)26-9-15-16(10-26)17(15)12-30-20-3-1-2-6-29-20/h4-5,7,14-17,20H,1-3,6,8-12H2/t14?,15-,16+,17?,20-/m1/s1. The van der Waals surface area contributed by atoms with Gasteiger partial charge in [-0.1, -0.05) is 5.11 Å². The maximum Gasteiger partial charge on any atom is 0.414 e. The number of azide groups is 1. The summed E-state index contributed by atoms with van der Waals surface area (Å²) in [4.78, 5) is 18.2. The predicted molar refractivity (Wildman–Crippen MR) is 110 cm³/mol. The normalized spacial score (nSPS) is 31.9. The average Bonchev–Trinajstić information content (AvgIpc) is 3.09. The van der Waals surface area contributed by atoms with Gasteiger partial charge in [-0.05, 0) is 60.7 Å². The van der Waals surface area contributed by atoms with Crippen LogP contribution < -0.4 is 9.80 Å². The van der Waals surface area contributed by atoms with Crippen LogP contribution >= 0.6 is 0 Å². The number of hydrogen-bond donors (Lipinski definition) is 0. The van der Waals surface area contributed by atoms with E-state index in [0.717, 1.165) is 45.6 Å². The van der Waals surface area contributed by atoms with Crippen molar-refractivity contribution in [3.05, 3.63) is 34.5 Å². The summed E-state index contributed by atoms with van der Waals surface area (Å²) in [6, 6.07) is 4.36. The molecule has 3 aliphatic heterocycles. The Bertz CT molecular complexity index is 877. The van der Waals surface area contributed by atoms with E-state index in [0.29, 0.717) is 29.1 Å². The van der Waals surface area contributed by atoms with E-state index in [4.69, 9.17) is 19.7 Å². The van der Waals surface area contributed by atoms with Crippen LogP contribution in [0.2, 0.25) is 0 Å². The number of nitrogens with zero attached hydrogens (tertiary/aromatic N) is 5. The molecule has 0 bridgehead atoms. The number of carbonyl (C=O) groups is 1. The zero-order valence-electron chi connectivity index (χ0n) is 17.2. The minimum atomic E-state index is -0.558. The lowest BCUT2D eigenvalue weighted by molar-refractivity contribution is -0.165. The number of cyclic esters (lactones) is 1. The minimum Gasteiger partial charge on any atom is -0.447 e. The van der Waals surface area contributed by atoms with Crippen LogP contribution in [0.15, 0.2) is 23.3 Å². The van der Waals surface area contributed by atoms with Gasteiger partial charge in [-0.25, -0.2) is 9.18 Å². The van der Waals surface area contributed by atoms with Crippen molar-refractivity contribution in [2.75, 3.05) is 49.3 Å². The summed E-state index contributed by atoms with van der Waals surface area (Å²) in [5, 5.41) is 3.52. The number of amides is 1. The highest BCUT2D eigenvalue weighted by Crippen LogP contribution is 2.53. The van der Waals surface area contributed by atoms with Crippen molar-refractivity contribution in [1.82, 2.24) is 0 Å². The van der Waals surface area contributed by atoms with E-state index < -0.39 is 12.1 Å². The summed E-state index contributed by atoms with van der Waals surface area (Å²) < 4.78 is 31.6. The molecule has 5 rings (SSSR count). The van der Waals surface area contributed by atoms with Gasteiger partial charge in [0.15, 0.2) is 6.29 Å². The summed E-state index contributed by atoms with van der Waals surface area (Å²) in [6.07, 6.45) is 2.63. The maximum atomic E-state index is 14.9. The molecule has 1 saturated carbocycles. The molecular formula is C21H26FN5O4. The van der Waals surface area contributed by atoms with Gasteiger partial charge in [0.1, 0.15) is 12.4 Å². The maximum absolute atomic E-state index is 14.9. The SMILES string of the molecule is [N-]=[N+]=NCC1COC(=O)N1c1ccc(N2C[C@@H]3C(CO[C@@H]4CCCCO4)[C@@H]3C2)c(F)c1. The van der Waals surface area contributed by atoms with Crippen molar-refractivity contribution in [1.29, 1.82) is 0 Å². The van der Waals surface area contributed by atoms with E-state index in [-0.39, 0.29) is 25.3 Å². The zero-order chi connectivity index (χ0) is 21.4. The summed E-state index contributed by atoms with van der Waals surface area (Å²) in [5.74, 6) is 1.23. The fraction of sp³-hybridized carbons (Fsp3) is 0.667. The third-order valence-electron chi connectivity index (χ3n) is 6.85. The first-order chi connectivity index (χ1) is 15.2. The Morgan fingerprint density at radius 2 is 2.13 bits per heavy atom. The topological polar surface area (TPSA) is 100 Å². The lowest BCUT2D eigenvalue weighted by Crippen LogP contribution is -2.35. The molecule has 1 amide bonds. The molecule has 0 aromatic heterocycles. The third-order valence-corrected chi connectivity index (χ3v) is 6.85. The van der Waals surface area contributed by atoms with Gasteiger partial charge in [0, 0.05) is 24.6 Å². The Morgan fingerprint density at radius 1 is 1.29 bits per heavy atom. The van der Waals surface area contributed by atoms with Crippen molar-refractivity contribution in [2.45, 2.75) is 31.6 Å². The number of anilines is 2. The quantitative estimate of drug-likeness (QED) is 0.372. The van der Waals surface area contributed by atoms with Gasteiger partial charge in [-0.3, -0.25) is 4.90 Å². The number of piperidine rings is 1. The Kier molecular flexibility index (Phi) is 5.60. The van der Waals surface area contributed by atoms with Gasteiger partial charge in [0.05, 0.1) is 30.6 Å². The largest absolute Gasteiger partial charge is 0.447 e. The molecule has 1 aromatic carbocycles. The summed E-state index contributed by atoms with van der Waals surface area (Å²) >= 11 is 0. The fourth-order valence-electron chi connectivity index (χ4n) is 5.10. The summed E-state index contributed by atoms with van der Waals surface area (Å²) in [5.41, 5.74) is 9.48. The smallest absolute Gasteiger partial charge is 0.414 e. The molecule has 0 N–H and O–H groups in total. The summed E-state index contributed by atoms with van der Waals surface area (Å²) in [6.45, 7) is 3.32. The molecule has 3 heterocycles. The molecule has 3 saturated heterocycles. The van der Waals surface area contributed by atoms with Crippen LogP contribution in [-0.2, 0) is 14.2 Å². The first-order valence-electron chi connectivity index (χ1n) is 10.9. The van der Waals surface area contributed by atoms with Gasteiger partial charge in [-0.2, -0.15) is 0 Å². The number of halogens is 1. The van der Waals surface area contributed by atoms with Crippen molar-refractivity contribution in [2.24, 2.45) is 22.9 Å². The molecule has 0 spiro atoms. The van der Waals surface area contributed by atoms with Crippen LogP contribution in [0.4, 0.5) is 20.6 Å². The monoisotopic (exact) mass is 431 g/mol. The van der Waals surface area contributed by atoms with Gasteiger partial charge < -0.3 is 19.1 Å². The fourth-order valence-corrected chi connectivity index (χ4v) is 5.10. The first kappa shape index (κ1) is 20.4.